The van der Waals surface area contributed by atoms with E-state index in [0.717, 1.165) is 51.4 Å². The molecule has 0 aliphatic carbocycles. The molecule has 0 aromatic carbocycles. The van der Waals surface area contributed by atoms with Crippen molar-refractivity contribution in [3.63, 3.8) is 0 Å². The second-order valence-corrected chi connectivity index (χ2v) is 18.5. The summed E-state index contributed by atoms with van der Waals surface area (Å²) in [6, 6.07) is 0. The molecule has 59 heavy (non-hydrogen) atoms. The largest absolute Gasteiger partial charge is 0.472 e. The summed E-state index contributed by atoms with van der Waals surface area (Å²) in [6.07, 6.45) is 49.7. The van der Waals surface area contributed by atoms with Crippen molar-refractivity contribution in [2.24, 2.45) is 5.73 Å². The monoisotopic (exact) mass is 858 g/mol. The highest BCUT2D eigenvalue weighted by molar-refractivity contribution is 7.47. The molecule has 0 saturated carbocycles. The van der Waals surface area contributed by atoms with Crippen LogP contribution in [0.3, 0.4) is 0 Å². The molecule has 0 aliphatic heterocycles. The number of carbonyl (C=O) groups is 2. The number of allylic oxidation sites excluding steroid dienone is 2. The van der Waals surface area contributed by atoms with Gasteiger partial charge in [0.15, 0.2) is 6.10 Å². The van der Waals surface area contributed by atoms with Crippen LogP contribution in [0.2, 0.25) is 0 Å². The van der Waals surface area contributed by atoms with Gasteiger partial charge in [-0.15, -0.1) is 0 Å². The average Bonchev–Trinajstić information content (AvgIpc) is 3.22. The molecule has 0 bridgehead atoms. The van der Waals surface area contributed by atoms with E-state index in [0.29, 0.717) is 6.42 Å². The zero-order chi connectivity index (χ0) is 43.2. The lowest BCUT2D eigenvalue weighted by Gasteiger charge is -2.19. The van der Waals surface area contributed by atoms with Crippen LogP contribution >= 0.6 is 7.82 Å². The summed E-state index contributed by atoms with van der Waals surface area (Å²) in [7, 11) is -4.38. The topological polar surface area (TPSA) is 134 Å². The molecule has 0 rings (SSSR count). The van der Waals surface area contributed by atoms with Crippen LogP contribution in [0.1, 0.15) is 258 Å². The van der Waals surface area contributed by atoms with Crippen molar-refractivity contribution in [3.8, 4) is 0 Å². The number of hydrogen-bond donors (Lipinski definition) is 2. The Labute approximate surface area is 364 Å². The lowest BCUT2D eigenvalue weighted by molar-refractivity contribution is -0.161. The Balaban J connectivity index is 3.98. The first-order valence-electron chi connectivity index (χ1n) is 25.2. The Morgan fingerprint density at radius 1 is 0.492 bits per heavy atom. The standard InChI is InChI=1S/C49H96NO8P/c1-3-5-7-9-11-13-15-17-19-20-21-22-23-24-25-26-28-29-31-33-35-37-39-41-48(51)55-45-47(46-57-59(53,54)56-44-43-50)58-49(52)42-40-38-36-34-32-30-27-18-16-14-12-10-8-6-4-2/h18,27,47H,3-17,19-26,28-46,50H2,1-2H3,(H,53,54)/b27-18-. The van der Waals surface area contributed by atoms with Crippen LogP contribution < -0.4 is 5.73 Å². The Morgan fingerprint density at radius 2 is 0.831 bits per heavy atom. The van der Waals surface area contributed by atoms with Crippen molar-refractivity contribution < 1.29 is 37.6 Å². The summed E-state index contributed by atoms with van der Waals surface area (Å²) in [5.74, 6) is -0.823. The first kappa shape index (κ1) is 57.8. The van der Waals surface area contributed by atoms with Gasteiger partial charge >= 0.3 is 19.8 Å². The first-order chi connectivity index (χ1) is 28.8. The number of rotatable bonds is 48. The summed E-state index contributed by atoms with van der Waals surface area (Å²) in [6.45, 7) is 3.77. The number of esters is 2. The highest BCUT2D eigenvalue weighted by Crippen LogP contribution is 2.43. The van der Waals surface area contributed by atoms with Crippen molar-refractivity contribution in [1.82, 2.24) is 0 Å². The lowest BCUT2D eigenvalue weighted by atomic mass is 10.0. The highest BCUT2D eigenvalue weighted by Gasteiger charge is 2.26. The summed E-state index contributed by atoms with van der Waals surface area (Å²) in [4.78, 5) is 35.0. The fraction of sp³-hybridized carbons (Fsp3) is 0.918. The maximum atomic E-state index is 12.6. The summed E-state index contributed by atoms with van der Waals surface area (Å²) >= 11 is 0. The number of phosphoric ester groups is 1. The molecule has 0 heterocycles. The van der Waals surface area contributed by atoms with Crippen LogP contribution in [-0.2, 0) is 32.7 Å². The molecule has 2 atom stereocenters. The molecule has 0 spiro atoms. The molecular formula is C49H96NO8P. The van der Waals surface area contributed by atoms with E-state index >= 15 is 0 Å². The maximum absolute atomic E-state index is 12.6. The van der Waals surface area contributed by atoms with Gasteiger partial charge < -0.3 is 20.1 Å². The molecule has 0 aromatic heterocycles. The van der Waals surface area contributed by atoms with Crippen LogP contribution in [0.4, 0.5) is 0 Å². The van der Waals surface area contributed by atoms with E-state index in [1.54, 1.807) is 0 Å². The maximum Gasteiger partial charge on any atom is 0.472 e. The third-order valence-electron chi connectivity index (χ3n) is 11.2. The van der Waals surface area contributed by atoms with E-state index in [1.807, 2.05) is 0 Å². The van der Waals surface area contributed by atoms with Crippen LogP contribution in [0, 0.1) is 0 Å². The number of unbranched alkanes of at least 4 members (excludes halogenated alkanes) is 33. The average molecular weight is 858 g/mol. The van der Waals surface area contributed by atoms with Gasteiger partial charge in [-0.1, -0.05) is 219 Å². The highest BCUT2D eigenvalue weighted by atomic mass is 31.2. The molecule has 0 saturated heterocycles. The molecule has 2 unspecified atom stereocenters. The predicted molar refractivity (Wildman–Crippen MR) is 248 cm³/mol. The predicted octanol–water partition coefficient (Wildman–Crippen LogP) is 15.0. The van der Waals surface area contributed by atoms with E-state index in [-0.39, 0.29) is 38.6 Å². The van der Waals surface area contributed by atoms with E-state index < -0.39 is 26.5 Å². The third-order valence-corrected chi connectivity index (χ3v) is 12.1. The number of phosphoric acid groups is 1. The van der Waals surface area contributed by atoms with Crippen molar-refractivity contribution >= 4 is 19.8 Å². The molecule has 0 fully saturated rings. The second kappa shape index (κ2) is 46.3. The minimum atomic E-state index is -4.38. The zero-order valence-corrected chi connectivity index (χ0v) is 39.7. The van der Waals surface area contributed by atoms with Crippen LogP contribution in [0.5, 0.6) is 0 Å². The van der Waals surface area contributed by atoms with Crippen LogP contribution in [-0.4, -0.2) is 49.3 Å². The summed E-state index contributed by atoms with van der Waals surface area (Å²) in [5.41, 5.74) is 5.36. The number of nitrogens with two attached hydrogens (primary N) is 1. The molecular weight excluding hydrogens is 762 g/mol. The molecule has 0 aromatic rings. The lowest BCUT2D eigenvalue weighted by Crippen LogP contribution is -2.29. The Hall–Kier alpha value is -1.25. The van der Waals surface area contributed by atoms with E-state index in [9.17, 15) is 19.0 Å². The van der Waals surface area contributed by atoms with Gasteiger partial charge in [0.2, 0.25) is 0 Å². The third kappa shape index (κ3) is 46.1. The van der Waals surface area contributed by atoms with Gasteiger partial charge in [0.05, 0.1) is 13.2 Å². The number of carbonyl (C=O) groups excluding carboxylic acids is 2. The van der Waals surface area contributed by atoms with Gasteiger partial charge in [-0.3, -0.25) is 18.6 Å². The first-order valence-corrected chi connectivity index (χ1v) is 26.7. The van der Waals surface area contributed by atoms with E-state index in [4.69, 9.17) is 24.3 Å². The molecule has 350 valence electrons. The zero-order valence-electron chi connectivity index (χ0n) is 38.8. The molecule has 0 amide bonds. The van der Waals surface area contributed by atoms with Gasteiger partial charge in [-0.25, -0.2) is 4.57 Å². The van der Waals surface area contributed by atoms with Crippen molar-refractivity contribution in [1.29, 1.82) is 0 Å². The fourth-order valence-corrected chi connectivity index (χ4v) is 8.16. The minimum Gasteiger partial charge on any atom is -0.462 e. The van der Waals surface area contributed by atoms with Crippen LogP contribution in [0.15, 0.2) is 12.2 Å². The molecule has 3 N–H and O–H groups in total. The van der Waals surface area contributed by atoms with Gasteiger partial charge in [-0.05, 0) is 38.5 Å². The normalized spacial score (nSPS) is 13.2. The summed E-state index contributed by atoms with van der Waals surface area (Å²) < 4.78 is 32.9. The molecule has 10 heteroatoms. The second-order valence-electron chi connectivity index (χ2n) is 17.0. The van der Waals surface area contributed by atoms with Gasteiger partial charge in [-0.2, -0.15) is 0 Å². The Morgan fingerprint density at radius 3 is 1.20 bits per heavy atom. The molecule has 0 radical (unpaired) electrons. The Bertz CT molecular complexity index is 980. The number of ether oxygens (including phenoxy) is 2. The molecule has 0 aliphatic rings. The van der Waals surface area contributed by atoms with E-state index in [1.165, 1.54) is 173 Å². The smallest absolute Gasteiger partial charge is 0.462 e. The van der Waals surface area contributed by atoms with Gasteiger partial charge in [0.1, 0.15) is 6.61 Å². The van der Waals surface area contributed by atoms with Gasteiger partial charge in [0, 0.05) is 19.4 Å². The van der Waals surface area contributed by atoms with Crippen molar-refractivity contribution in [2.45, 2.75) is 264 Å². The fourth-order valence-electron chi connectivity index (χ4n) is 7.40. The SMILES string of the molecule is CCCCCCCC/C=C\CCCCCCCC(=O)OC(COC(=O)CCCCCCCCCCCCCCCCCCCCCCCCC)COP(=O)(O)OCCN. The van der Waals surface area contributed by atoms with Gasteiger partial charge in [0.25, 0.3) is 0 Å². The summed E-state index contributed by atoms with van der Waals surface area (Å²) in [5, 5.41) is 0. The molecule has 9 nitrogen and oxygen atoms in total. The Kier molecular flexibility index (Phi) is 45.3. The number of hydrogen-bond acceptors (Lipinski definition) is 8. The van der Waals surface area contributed by atoms with Crippen LogP contribution in [0.25, 0.3) is 0 Å². The van der Waals surface area contributed by atoms with Crippen molar-refractivity contribution in [2.75, 3.05) is 26.4 Å². The van der Waals surface area contributed by atoms with Crippen molar-refractivity contribution in [3.05, 3.63) is 12.2 Å². The van der Waals surface area contributed by atoms with E-state index in [2.05, 4.69) is 26.0 Å². The minimum absolute atomic E-state index is 0.0550. The quantitative estimate of drug-likeness (QED) is 0.0265.